The number of carbonyl (C=O) groups is 1. The lowest BCUT2D eigenvalue weighted by Gasteiger charge is -2.38. The molecule has 3 N–H and O–H groups in total. The number of nitrogens with one attached hydrogen (secondary N) is 3. The first kappa shape index (κ1) is 34.5. The van der Waals surface area contributed by atoms with E-state index in [1.165, 1.54) is 22.8 Å². The number of fused-ring (bicyclic) bond motifs is 1. The van der Waals surface area contributed by atoms with Crippen LogP contribution in [0.1, 0.15) is 40.3 Å². The molecule has 3 heterocycles. The van der Waals surface area contributed by atoms with Gasteiger partial charge in [0.25, 0.3) is 5.56 Å². The van der Waals surface area contributed by atoms with Crippen LogP contribution >= 0.6 is 0 Å². The van der Waals surface area contributed by atoms with Gasteiger partial charge in [0.15, 0.2) is 8.32 Å². The molecule has 0 bridgehead atoms. The molecule has 0 atom stereocenters. The molecule has 0 aliphatic heterocycles. The van der Waals surface area contributed by atoms with Gasteiger partial charge in [0.1, 0.15) is 17.3 Å². The van der Waals surface area contributed by atoms with Crippen LogP contribution in [-0.2, 0) is 16.9 Å². The second-order valence-corrected chi connectivity index (χ2v) is 18.8. The van der Waals surface area contributed by atoms with Gasteiger partial charge in [-0.1, -0.05) is 58.9 Å². The average Bonchev–Trinajstić information content (AvgIpc) is 3.47. The van der Waals surface area contributed by atoms with E-state index >= 15 is 4.39 Å². The van der Waals surface area contributed by atoms with Crippen LogP contribution in [0.2, 0.25) is 18.1 Å². The lowest BCUT2D eigenvalue weighted by Crippen LogP contribution is -2.44. The number of rotatable bonds is 9. The van der Waals surface area contributed by atoms with Crippen molar-refractivity contribution in [2.24, 2.45) is 7.05 Å². The molecular weight excluding hydrogens is 628 g/mol. The zero-order valence-corrected chi connectivity index (χ0v) is 29.9. The van der Waals surface area contributed by atoms with Crippen LogP contribution < -0.4 is 21.5 Å². The van der Waals surface area contributed by atoms with Crippen molar-refractivity contribution >= 4 is 42.8 Å². The Morgan fingerprint density at radius 2 is 1.71 bits per heavy atom. The Labute approximate surface area is 280 Å². The fourth-order valence-corrected chi connectivity index (χ4v) is 6.01. The first-order valence-electron chi connectivity index (χ1n) is 15.7. The molecule has 13 heteroatoms. The number of carbonyl (C=O) groups excluding carboxylic acids is 1. The number of aromatic nitrogens is 5. The van der Waals surface area contributed by atoms with Crippen LogP contribution in [0, 0.1) is 5.82 Å². The van der Waals surface area contributed by atoms with E-state index in [0.717, 1.165) is 11.4 Å². The van der Waals surface area contributed by atoms with Gasteiger partial charge in [-0.25, -0.2) is 18.9 Å². The quantitative estimate of drug-likeness (QED) is 0.140. The number of halogens is 1. The minimum absolute atomic E-state index is 0.0515. The molecule has 2 aromatic carbocycles. The normalized spacial score (nSPS) is 12.3. The van der Waals surface area contributed by atoms with Gasteiger partial charge in [-0.05, 0) is 54.0 Å². The largest absolute Gasteiger partial charge is 0.416 e. The molecular formula is C35H43FN8O3Si. The van der Waals surface area contributed by atoms with Crippen molar-refractivity contribution in [1.82, 2.24) is 24.3 Å². The van der Waals surface area contributed by atoms with E-state index in [2.05, 4.69) is 73.6 Å². The summed E-state index contributed by atoms with van der Waals surface area (Å²) in [4.78, 5) is 35.4. The fraction of sp³-hybridized carbons (Fsp3) is 0.343. The molecule has 0 aliphatic rings. The number of anilines is 3. The summed E-state index contributed by atoms with van der Waals surface area (Å²) in [6.07, 6.45) is 1.61. The highest BCUT2D eigenvalue weighted by Crippen LogP contribution is 2.38. The summed E-state index contributed by atoms with van der Waals surface area (Å²) < 4.78 is 24.7. The summed E-state index contributed by atoms with van der Waals surface area (Å²) in [5, 5.41) is 13.9. The molecule has 0 saturated heterocycles. The summed E-state index contributed by atoms with van der Waals surface area (Å²) in [6, 6.07) is 16.4. The third-order valence-electron chi connectivity index (χ3n) is 8.94. The second-order valence-electron chi connectivity index (χ2n) is 14.0. The summed E-state index contributed by atoms with van der Waals surface area (Å²) in [5.74, 6) is 0.123. The molecule has 48 heavy (non-hydrogen) atoms. The number of aryl methyl sites for hydroxylation is 1. The van der Waals surface area contributed by atoms with Crippen molar-refractivity contribution in [1.29, 1.82) is 0 Å². The molecule has 5 rings (SSSR count). The van der Waals surface area contributed by atoms with Gasteiger partial charge in [-0.2, -0.15) is 10.1 Å². The molecule has 5 aromatic rings. The van der Waals surface area contributed by atoms with E-state index in [1.807, 2.05) is 36.4 Å². The van der Waals surface area contributed by atoms with E-state index in [0.29, 0.717) is 40.5 Å². The molecule has 0 aliphatic carbocycles. The highest BCUT2D eigenvalue weighted by Gasteiger charge is 2.39. The highest BCUT2D eigenvalue weighted by molar-refractivity contribution is 6.74. The monoisotopic (exact) mass is 670 g/mol. The summed E-state index contributed by atoms with van der Waals surface area (Å²) >= 11 is 0. The summed E-state index contributed by atoms with van der Waals surface area (Å²) in [5.41, 5.74) is 1.75. The maximum absolute atomic E-state index is 15.1. The fourth-order valence-electron chi connectivity index (χ4n) is 4.85. The maximum atomic E-state index is 15.1. The van der Waals surface area contributed by atoms with E-state index in [-0.39, 0.29) is 16.3 Å². The number of nitrogens with zero attached hydrogens (tertiary/aromatic N) is 5. The van der Waals surface area contributed by atoms with Crippen molar-refractivity contribution in [3.63, 3.8) is 0 Å². The Morgan fingerprint density at radius 3 is 2.38 bits per heavy atom. The smallest absolute Gasteiger partial charge is 0.324 e. The second kappa shape index (κ2) is 13.0. The lowest BCUT2D eigenvalue weighted by molar-refractivity contribution is 0.217. The Morgan fingerprint density at radius 1 is 1.00 bits per heavy atom. The third-order valence-corrected chi connectivity index (χ3v) is 13.4. The van der Waals surface area contributed by atoms with Crippen molar-refractivity contribution in [2.75, 3.05) is 29.6 Å². The molecule has 2 amide bonds. The van der Waals surface area contributed by atoms with Gasteiger partial charge in [0.2, 0.25) is 5.95 Å². The van der Waals surface area contributed by atoms with Crippen molar-refractivity contribution < 1.29 is 13.6 Å². The number of hydrogen-bond acceptors (Lipinski definition) is 7. The van der Waals surface area contributed by atoms with Crippen LogP contribution in [0.4, 0.5) is 26.6 Å². The predicted molar refractivity (Wildman–Crippen MR) is 192 cm³/mol. The lowest BCUT2D eigenvalue weighted by atomic mass is 9.91. The topological polar surface area (TPSA) is 128 Å². The Bertz CT molecular complexity index is 2030. The van der Waals surface area contributed by atoms with Crippen molar-refractivity contribution in [3.05, 3.63) is 88.7 Å². The molecule has 0 fully saturated rings. The SMILES string of the molecule is CNc1ncc2cc(-c3ccc(F)c(NC(=O)Nc4cc(C(C)(C)CO[Si](C)(C)C(C)(C)C)nn4-c4ccccc4)c3)c(=O)n(C)c2n1. The molecule has 0 radical (unpaired) electrons. The van der Waals surface area contributed by atoms with Gasteiger partial charge >= 0.3 is 6.03 Å². The van der Waals surface area contributed by atoms with Gasteiger partial charge in [-0.15, -0.1) is 0 Å². The summed E-state index contributed by atoms with van der Waals surface area (Å²) in [7, 11) is 1.28. The van der Waals surface area contributed by atoms with Gasteiger partial charge in [0, 0.05) is 49.3 Å². The number of benzene rings is 2. The first-order chi connectivity index (χ1) is 22.5. The van der Waals surface area contributed by atoms with Crippen LogP contribution in [0.5, 0.6) is 0 Å². The molecule has 11 nitrogen and oxygen atoms in total. The molecule has 0 saturated carbocycles. The van der Waals surface area contributed by atoms with E-state index < -0.39 is 25.6 Å². The molecule has 3 aromatic heterocycles. The van der Waals surface area contributed by atoms with Crippen molar-refractivity contribution in [3.8, 4) is 16.8 Å². The Hall–Kier alpha value is -4.88. The third kappa shape index (κ3) is 7.02. The van der Waals surface area contributed by atoms with E-state index in [9.17, 15) is 9.59 Å². The van der Waals surface area contributed by atoms with Crippen molar-refractivity contribution in [2.45, 2.75) is 58.2 Å². The number of urea groups is 1. The Balaban J connectivity index is 1.43. The number of hydrogen-bond donors (Lipinski definition) is 3. The van der Waals surface area contributed by atoms with Crippen LogP contribution in [0.25, 0.3) is 27.8 Å². The minimum Gasteiger partial charge on any atom is -0.416 e. The van der Waals surface area contributed by atoms with Crippen LogP contribution in [0.3, 0.4) is 0 Å². The van der Waals surface area contributed by atoms with Crippen LogP contribution in [0.15, 0.2) is 71.7 Å². The maximum Gasteiger partial charge on any atom is 0.324 e. The highest BCUT2D eigenvalue weighted by atomic mass is 28.4. The number of para-hydroxylation sites is 1. The number of pyridine rings is 1. The van der Waals surface area contributed by atoms with Gasteiger partial charge in [-0.3, -0.25) is 14.7 Å². The first-order valence-corrected chi connectivity index (χ1v) is 18.6. The standard InChI is InChI=1S/C35H43FN8O3Si/c1-34(2,3)48(8,9)47-21-35(4,5)28-19-29(44(42-28)24-13-11-10-12-14-24)40-33(46)39-27-18-22(15-16-26(27)36)25-17-23-20-38-32(37-6)41-30(23)43(7)31(25)45/h10-20H,21H2,1-9H3,(H,37,38,41)(H2,39,40,46). The van der Waals surface area contributed by atoms with Crippen LogP contribution in [-0.4, -0.2) is 52.3 Å². The van der Waals surface area contributed by atoms with E-state index in [1.54, 1.807) is 31.0 Å². The molecule has 0 spiro atoms. The van der Waals surface area contributed by atoms with Gasteiger partial charge < -0.3 is 15.1 Å². The predicted octanol–water partition coefficient (Wildman–Crippen LogP) is 7.31. The minimum atomic E-state index is -2.03. The molecule has 0 unspecified atom stereocenters. The van der Waals surface area contributed by atoms with E-state index in [4.69, 9.17) is 9.52 Å². The molecule has 252 valence electrons. The Kier molecular flexibility index (Phi) is 9.30. The van der Waals surface area contributed by atoms with Gasteiger partial charge in [0.05, 0.1) is 17.1 Å². The average molecular weight is 671 g/mol. The number of amides is 2. The zero-order valence-electron chi connectivity index (χ0n) is 28.9. The zero-order chi connectivity index (χ0) is 35.0. The summed E-state index contributed by atoms with van der Waals surface area (Å²) in [6.45, 7) is 15.6.